The van der Waals surface area contributed by atoms with E-state index in [1.807, 2.05) is 55.5 Å². The van der Waals surface area contributed by atoms with E-state index in [2.05, 4.69) is 6.92 Å². The summed E-state index contributed by atoms with van der Waals surface area (Å²) in [6.45, 7) is 6.60. The van der Waals surface area contributed by atoms with Crippen LogP contribution in [0, 0.1) is 0 Å². The van der Waals surface area contributed by atoms with Crippen molar-refractivity contribution in [2.75, 3.05) is 13.2 Å². The van der Waals surface area contributed by atoms with Crippen LogP contribution in [0.3, 0.4) is 0 Å². The minimum Gasteiger partial charge on any atom is -0.464 e. The SMILES string of the molecule is CCOC(=O)C1(N(C/C=C(/C)CC)C(=O)c2ccccc2)Cc2ccccc2C1. The van der Waals surface area contributed by atoms with Crippen molar-refractivity contribution < 1.29 is 14.3 Å². The van der Waals surface area contributed by atoms with E-state index in [1.54, 1.807) is 24.0 Å². The lowest BCUT2D eigenvalue weighted by atomic mass is 9.91. The van der Waals surface area contributed by atoms with Gasteiger partial charge in [0.1, 0.15) is 5.54 Å². The van der Waals surface area contributed by atoms with Gasteiger partial charge in [-0.1, -0.05) is 61.0 Å². The Hall–Kier alpha value is -2.88. The molecule has 0 radical (unpaired) electrons. The van der Waals surface area contributed by atoms with E-state index in [-0.39, 0.29) is 18.5 Å². The monoisotopic (exact) mass is 391 g/mol. The lowest BCUT2D eigenvalue weighted by molar-refractivity contribution is -0.155. The van der Waals surface area contributed by atoms with Crippen LogP contribution in [0.2, 0.25) is 0 Å². The third-order valence-electron chi connectivity index (χ3n) is 5.70. The molecule has 4 heteroatoms. The molecule has 4 nitrogen and oxygen atoms in total. The molecule has 3 rings (SSSR count). The summed E-state index contributed by atoms with van der Waals surface area (Å²) in [5.41, 5.74) is 2.93. The van der Waals surface area contributed by atoms with Crippen molar-refractivity contribution in [3.05, 3.63) is 82.9 Å². The number of hydrogen-bond donors (Lipinski definition) is 0. The molecule has 2 aromatic rings. The zero-order valence-corrected chi connectivity index (χ0v) is 17.5. The van der Waals surface area contributed by atoms with Crippen molar-refractivity contribution in [3.8, 4) is 0 Å². The van der Waals surface area contributed by atoms with E-state index in [4.69, 9.17) is 4.74 Å². The Balaban J connectivity index is 2.08. The van der Waals surface area contributed by atoms with Crippen molar-refractivity contribution in [1.82, 2.24) is 4.90 Å². The summed E-state index contributed by atoms with van der Waals surface area (Å²) in [7, 11) is 0. The van der Waals surface area contributed by atoms with Gasteiger partial charge in [0.05, 0.1) is 6.61 Å². The number of ether oxygens (including phenoxy) is 1. The molecule has 1 aliphatic rings. The Morgan fingerprint density at radius 3 is 2.14 bits per heavy atom. The van der Waals surface area contributed by atoms with Crippen LogP contribution in [0.1, 0.15) is 48.7 Å². The molecule has 29 heavy (non-hydrogen) atoms. The number of carbonyl (C=O) groups is 2. The minimum absolute atomic E-state index is 0.147. The lowest BCUT2D eigenvalue weighted by Gasteiger charge is -2.39. The van der Waals surface area contributed by atoms with Crippen LogP contribution >= 0.6 is 0 Å². The number of rotatable bonds is 7. The molecule has 152 valence electrons. The zero-order valence-electron chi connectivity index (χ0n) is 17.5. The Labute approximate surface area is 173 Å². The average molecular weight is 392 g/mol. The molecule has 0 saturated heterocycles. The maximum atomic E-state index is 13.6. The second-order valence-corrected chi connectivity index (χ2v) is 7.56. The maximum absolute atomic E-state index is 13.6. The first kappa shape index (κ1) is 20.8. The van der Waals surface area contributed by atoms with E-state index in [0.717, 1.165) is 17.5 Å². The lowest BCUT2D eigenvalue weighted by Crippen LogP contribution is -2.58. The third kappa shape index (κ3) is 4.26. The molecule has 0 atom stereocenters. The van der Waals surface area contributed by atoms with Crippen LogP contribution in [0.15, 0.2) is 66.2 Å². The first-order chi connectivity index (χ1) is 14.0. The number of nitrogens with zero attached hydrogens (tertiary/aromatic N) is 1. The van der Waals surface area contributed by atoms with Gasteiger partial charge >= 0.3 is 5.97 Å². The predicted octanol–water partition coefficient (Wildman–Crippen LogP) is 4.59. The van der Waals surface area contributed by atoms with E-state index in [0.29, 0.717) is 24.9 Å². The number of allylic oxidation sites excluding steroid dienone is 1. The summed E-state index contributed by atoms with van der Waals surface area (Å²) in [4.78, 5) is 28.6. The summed E-state index contributed by atoms with van der Waals surface area (Å²) in [5.74, 6) is -0.477. The largest absolute Gasteiger partial charge is 0.464 e. The number of fused-ring (bicyclic) bond motifs is 1. The van der Waals surface area contributed by atoms with Crippen molar-refractivity contribution in [1.29, 1.82) is 0 Å². The highest BCUT2D eigenvalue weighted by molar-refractivity contribution is 5.99. The first-order valence-electron chi connectivity index (χ1n) is 10.3. The quantitative estimate of drug-likeness (QED) is 0.512. The van der Waals surface area contributed by atoms with Gasteiger partial charge in [-0.25, -0.2) is 4.79 Å². The molecule has 0 fully saturated rings. The van der Waals surface area contributed by atoms with Crippen molar-refractivity contribution in [2.45, 2.75) is 45.6 Å². The summed E-state index contributed by atoms with van der Waals surface area (Å²) in [5, 5.41) is 0. The molecule has 0 unspecified atom stereocenters. The number of esters is 1. The molecule has 0 bridgehead atoms. The van der Waals surface area contributed by atoms with E-state index in [9.17, 15) is 9.59 Å². The van der Waals surface area contributed by atoms with Gasteiger partial charge in [0.25, 0.3) is 5.91 Å². The molecule has 0 heterocycles. The summed E-state index contributed by atoms with van der Waals surface area (Å²) in [6, 6.07) is 17.2. The Bertz CT molecular complexity index is 876. The molecule has 2 aromatic carbocycles. The maximum Gasteiger partial charge on any atom is 0.332 e. The average Bonchev–Trinajstić information content (AvgIpc) is 3.15. The highest BCUT2D eigenvalue weighted by Gasteiger charge is 2.51. The fraction of sp³-hybridized carbons (Fsp3) is 0.360. The van der Waals surface area contributed by atoms with Crippen molar-refractivity contribution >= 4 is 11.9 Å². The topological polar surface area (TPSA) is 46.6 Å². The number of benzene rings is 2. The van der Waals surface area contributed by atoms with Crippen molar-refractivity contribution in [3.63, 3.8) is 0 Å². The fourth-order valence-electron chi connectivity index (χ4n) is 3.89. The standard InChI is InChI=1S/C25H29NO3/c1-4-19(3)15-16-26(23(27)20-11-7-6-8-12-20)25(24(28)29-5-2)17-21-13-9-10-14-22(21)18-25/h6-15H,4-5,16-18H2,1-3H3/b19-15-. The zero-order chi connectivity index (χ0) is 20.9. The normalized spacial score (nSPS) is 14.9. The van der Waals surface area contributed by atoms with Gasteiger partial charge in [-0.05, 0) is 43.5 Å². The number of carbonyl (C=O) groups excluding carboxylic acids is 2. The second kappa shape index (κ2) is 9.08. The second-order valence-electron chi connectivity index (χ2n) is 7.56. The third-order valence-corrected chi connectivity index (χ3v) is 5.70. The van der Waals surface area contributed by atoms with Crippen LogP contribution in [0.4, 0.5) is 0 Å². The summed E-state index contributed by atoms with van der Waals surface area (Å²) < 4.78 is 5.51. The first-order valence-corrected chi connectivity index (χ1v) is 10.3. The summed E-state index contributed by atoms with van der Waals surface area (Å²) >= 11 is 0. The van der Waals surface area contributed by atoms with Crippen LogP contribution in [0.5, 0.6) is 0 Å². The predicted molar refractivity (Wildman–Crippen MR) is 115 cm³/mol. The van der Waals surface area contributed by atoms with Gasteiger partial charge in [0.2, 0.25) is 0 Å². The van der Waals surface area contributed by atoms with Gasteiger partial charge in [0, 0.05) is 24.9 Å². The molecular weight excluding hydrogens is 362 g/mol. The molecular formula is C25H29NO3. The molecule has 0 aromatic heterocycles. The summed E-state index contributed by atoms with van der Waals surface area (Å²) in [6.07, 6.45) is 3.89. The van der Waals surface area contributed by atoms with Crippen LogP contribution in [0.25, 0.3) is 0 Å². The Morgan fingerprint density at radius 2 is 1.59 bits per heavy atom. The molecule has 0 spiro atoms. The van der Waals surface area contributed by atoms with Gasteiger partial charge in [-0.2, -0.15) is 0 Å². The molecule has 0 N–H and O–H groups in total. The van der Waals surface area contributed by atoms with Gasteiger partial charge in [-0.15, -0.1) is 0 Å². The van der Waals surface area contributed by atoms with Crippen LogP contribution in [-0.4, -0.2) is 35.5 Å². The van der Waals surface area contributed by atoms with E-state index < -0.39 is 5.54 Å². The Morgan fingerprint density at radius 1 is 1.00 bits per heavy atom. The highest BCUT2D eigenvalue weighted by Crippen LogP contribution is 2.37. The molecule has 1 aliphatic carbocycles. The smallest absolute Gasteiger partial charge is 0.332 e. The Kier molecular flexibility index (Phi) is 6.53. The molecule has 0 aliphatic heterocycles. The molecule has 1 amide bonds. The van der Waals surface area contributed by atoms with Gasteiger partial charge in [0.15, 0.2) is 0 Å². The molecule has 0 saturated carbocycles. The minimum atomic E-state index is -1.03. The van der Waals surface area contributed by atoms with E-state index >= 15 is 0 Å². The van der Waals surface area contributed by atoms with Gasteiger partial charge < -0.3 is 9.64 Å². The van der Waals surface area contributed by atoms with Crippen LogP contribution in [-0.2, 0) is 22.4 Å². The highest BCUT2D eigenvalue weighted by atomic mass is 16.5. The van der Waals surface area contributed by atoms with Crippen LogP contribution < -0.4 is 0 Å². The number of amides is 1. The number of hydrogen-bond acceptors (Lipinski definition) is 3. The van der Waals surface area contributed by atoms with Gasteiger partial charge in [-0.3, -0.25) is 4.79 Å². The van der Waals surface area contributed by atoms with E-state index in [1.165, 1.54) is 5.57 Å². The van der Waals surface area contributed by atoms with Crippen molar-refractivity contribution in [2.24, 2.45) is 0 Å². The fourth-order valence-corrected chi connectivity index (χ4v) is 3.89.